The predicted molar refractivity (Wildman–Crippen MR) is 95.0 cm³/mol. The first-order valence-electron chi connectivity index (χ1n) is 8.83. The van der Waals surface area contributed by atoms with E-state index in [0.29, 0.717) is 25.6 Å². The molecular weight excluding hydrogens is 304 g/mol. The predicted octanol–water partition coefficient (Wildman–Crippen LogP) is 1.51. The molecule has 24 heavy (non-hydrogen) atoms. The van der Waals surface area contributed by atoms with Crippen LogP contribution in [0.2, 0.25) is 0 Å². The van der Waals surface area contributed by atoms with Gasteiger partial charge in [-0.15, -0.1) is 0 Å². The lowest BCUT2D eigenvalue weighted by Gasteiger charge is -2.24. The molecule has 0 atom stereocenters. The summed E-state index contributed by atoms with van der Waals surface area (Å²) in [7, 11) is 0. The molecule has 7 nitrogen and oxygen atoms in total. The van der Waals surface area contributed by atoms with E-state index in [9.17, 15) is 4.79 Å². The fourth-order valence-corrected chi connectivity index (χ4v) is 3.07. The van der Waals surface area contributed by atoms with Crippen LogP contribution in [0.15, 0.2) is 18.3 Å². The second-order valence-corrected chi connectivity index (χ2v) is 6.20. The molecule has 0 unspecified atom stereocenters. The van der Waals surface area contributed by atoms with Crippen LogP contribution in [-0.4, -0.2) is 46.1 Å². The minimum atomic E-state index is 0.105. The summed E-state index contributed by atoms with van der Waals surface area (Å²) >= 11 is 0. The van der Waals surface area contributed by atoms with Gasteiger partial charge in [0.25, 0.3) is 0 Å². The number of anilines is 1. The van der Waals surface area contributed by atoms with Gasteiger partial charge in [-0.2, -0.15) is 4.98 Å². The number of carbonyl (C=O) groups excluding carboxylic acids is 1. The normalized spacial score (nSPS) is 15.5. The molecule has 1 fully saturated rings. The average molecular weight is 330 g/mol. The zero-order valence-electron chi connectivity index (χ0n) is 14.2. The van der Waals surface area contributed by atoms with Gasteiger partial charge in [0.05, 0.1) is 5.52 Å². The minimum absolute atomic E-state index is 0.105. The molecule has 1 aliphatic rings. The molecule has 0 spiro atoms. The molecule has 0 bridgehead atoms. The van der Waals surface area contributed by atoms with Crippen LogP contribution in [0.4, 0.5) is 5.95 Å². The number of nitrogens with one attached hydrogen (secondary N) is 3. The summed E-state index contributed by atoms with van der Waals surface area (Å²) < 4.78 is 2.12. The monoisotopic (exact) mass is 330 g/mol. The Morgan fingerprint density at radius 3 is 3.04 bits per heavy atom. The minimum Gasteiger partial charge on any atom is -0.354 e. The standard InChI is InChI=1S/C17H26N6O/c1-2-4-15(24)19-11-12-23-14-5-3-8-20-16(14)22-17(23)21-13-6-9-18-10-7-13/h3,5,8,13,18H,2,4,6-7,9-12H2,1H3,(H,19,24)(H,20,21,22). The van der Waals surface area contributed by atoms with Crippen LogP contribution in [0, 0.1) is 0 Å². The number of hydrogen-bond acceptors (Lipinski definition) is 5. The first-order chi connectivity index (χ1) is 11.8. The first-order valence-corrected chi connectivity index (χ1v) is 8.83. The number of rotatable bonds is 7. The van der Waals surface area contributed by atoms with Crippen molar-refractivity contribution in [2.24, 2.45) is 0 Å². The maximum absolute atomic E-state index is 11.7. The van der Waals surface area contributed by atoms with Gasteiger partial charge in [-0.05, 0) is 44.5 Å². The molecule has 1 aliphatic heterocycles. The highest BCUT2D eigenvalue weighted by atomic mass is 16.1. The van der Waals surface area contributed by atoms with E-state index in [1.54, 1.807) is 6.20 Å². The molecule has 130 valence electrons. The van der Waals surface area contributed by atoms with Crippen molar-refractivity contribution in [2.75, 3.05) is 25.0 Å². The Hall–Kier alpha value is -2.15. The van der Waals surface area contributed by atoms with Gasteiger partial charge in [-0.25, -0.2) is 4.98 Å². The third-order valence-electron chi connectivity index (χ3n) is 4.33. The molecule has 0 radical (unpaired) electrons. The molecule has 1 saturated heterocycles. The number of nitrogens with zero attached hydrogens (tertiary/aromatic N) is 3. The SMILES string of the molecule is CCCC(=O)NCCn1c(NC2CCNCC2)nc2ncccc21. The van der Waals surface area contributed by atoms with Crippen LogP contribution in [0.3, 0.4) is 0 Å². The van der Waals surface area contributed by atoms with Crippen molar-refractivity contribution in [1.82, 2.24) is 25.2 Å². The number of aromatic nitrogens is 3. The van der Waals surface area contributed by atoms with E-state index in [4.69, 9.17) is 0 Å². The zero-order chi connectivity index (χ0) is 16.8. The van der Waals surface area contributed by atoms with E-state index in [2.05, 4.69) is 30.5 Å². The Bertz CT molecular complexity index is 677. The van der Waals surface area contributed by atoms with Crippen molar-refractivity contribution in [3.63, 3.8) is 0 Å². The fourth-order valence-electron chi connectivity index (χ4n) is 3.07. The van der Waals surface area contributed by atoms with Crippen LogP contribution < -0.4 is 16.0 Å². The summed E-state index contributed by atoms with van der Waals surface area (Å²) in [4.78, 5) is 20.7. The van der Waals surface area contributed by atoms with Gasteiger partial charge in [0.15, 0.2) is 5.65 Å². The van der Waals surface area contributed by atoms with Crippen LogP contribution in [0.25, 0.3) is 11.2 Å². The summed E-state index contributed by atoms with van der Waals surface area (Å²) in [5, 5.41) is 9.91. The van der Waals surface area contributed by atoms with Gasteiger partial charge in [0, 0.05) is 31.7 Å². The number of hydrogen-bond donors (Lipinski definition) is 3. The van der Waals surface area contributed by atoms with E-state index in [-0.39, 0.29) is 5.91 Å². The van der Waals surface area contributed by atoms with Crippen molar-refractivity contribution in [3.05, 3.63) is 18.3 Å². The van der Waals surface area contributed by atoms with Gasteiger partial charge >= 0.3 is 0 Å². The zero-order valence-corrected chi connectivity index (χ0v) is 14.2. The van der Waals surface area contributed by atoms with Crippen LogP contribution in [0.5, 0.6) is 0 Å². The number of carbonyl (C=O) groups is 1. The number of piperidine rings is 1. The Kier molecular flexibility index (Phi) is 5.63. The quantitative estimate of drug-likeness (QED) is 0.717. The number of amides is 1. The molecule has 3 heterocycles. The summed E-state index contributed by atoms with van der Waals surface area (Å²) in [5.74, 6) is 0.952. The summed E-state index contributed by atoms with van der Waals surface area (Å²) in [6, 6.07) is 4.37. The summed E-state index contributed by atoms with van der Waals surface area (Å²) in [6.07, 6.45) is 5.38. The maximum atomic E-state index is 11.7. The third kappa shape index (κ3) is 4.03. The number of fused-ring (bicyclic) bond motifs is 1. The lowest BCUT2D eigenvalue weighted by molar-refractivity contribution is -0.121. The molecule has 0 saturated carbocycles. The van der Waals surface area contributed by atoms with E-state index in [0.717, 1.165) is 49.5 Å². The summed E-state index contributed by atoms with van der Waals surface area (Å²) in [6.45, 7) is 5.35. The highest BCUT2D eigenvalue weighted by Crippen LogP contribution is 2.19. The van der Waals surface area contributed by atoms with Crippen molar-refractivity contribution in [1.29, 1.82) is 0 Å². The van der Waals surface area contributed by atoms with E-state index in [1.807, 2.05) is 19.1 Å². The Labute approximate surface area is 142 Å². The largest absolute Gasteiger partial charge is 0.354 e. The van der Waals surface area contributed by atoms with Crippen LogP contribution in [-0.2, 0) is 11.3 Å². The molecule has 3 rings (SSSR count). The average Bonchev–Trinajstić information content (AvgIpc) is 2.94. The lowest BCUT2D eigenvalue weighted by Crippen LogP contribution is -2.36. The van der Waals surface area contributed by atoms with Gasteiger partial charge in [0.1, 0.15) is 0 Å². The summed E-state index contributed by atoms with van der Waals surface area (Å²) in [5.41, 5.74) is 1.74. The van der Waals surface area contributed by atoms with Crippen molar-refractivity contribution in [2.45, 2.75) is 45.2 Å². The molecule has 2 aromatic heterocycles. The van der Waals surface area contributed by atoms with Gasteiger partial charge in [-0.1, -0.05) is 6.92 Å². The molecule has 0 aromatic carbocycles. The smallest absolute Gasteiger partial charge is 0.220 e. The second-order valence-electron chi connectivity index (χ2n) is 6.20. The molecule has 3 N–H and O–H groups in total. The first kappa shape index (κ1) is 16.7. The Balaban J connectivity index is 1.73. The topological polar surface area (TPSA) is 83.9 Å². The highest BCUT2D eigenvalue weighted by molar-refractivity contribution is 5.76. The van der Waals surface area contributed by atoms with Crippen LogP contribution in [0.1, 0.15) is 32.6 Å². The van der Waals surface area contributed by atoms with Crippen molar-refractivity contribution < 1.29 is 4.79 Å². The number of imidazole rings is 1. The Morgan fingerprint density at radius 2 is 2.25 bits per heavy atom. The van der Waals surface area contributed by atoms with Crippen LogP contribution >= 0.6 is 0 Å². The van der Waals surface area contributed by atoms with Gasteiger partial charge in [0.2, 0.25) is 11.9 Å². The molecule has 1 amide bonds. The molecule has 0 aliphatic carbocycles. The van der Waals surface area contributed by atoms with Crippen molar-refractivity contribution in [3.8, 4) is 0 Å². The van der Waals surface area contributed by atoms with E-state index in [1.165, 1.54) is 0 Å². The van der Waals surface area contributed by atoms with Gasteiger partial charge in [-0.3, -0.25) is 4.79 Å². The highest BCUT2D eigenvalue weighted by Gasteiger charge is 2.17. The van der Waals surface area contributed by atoms with Crippen molar-refractivity contribution >= 4 is 23.0 Å². The fraction of sp³-hybridized carbons (Fsp3) is 0.588. The molecule has 2 aromatic rings. The molecular formula is C17H26N6O. The second kappa shape index (κ2) is 8.10. The maximum Gasteiger partial charge on any atom is 0.220 e. The number of pyridine rings is 1. The van der Waals surface area contributed by atoms with E-state index >= 15 is 0 Å². The Morgan fingerprint density at radius 1 is 1.42 bits per heavy atom. The molecule has 7 heteroatoms. The van der Waals surface area contributed by atoms with E-state index < -0.39 is 0 Å². The third-order valence-corrected chi connectivity index (χ3v) is 4.33. The lowest BCUT2D eigenvalue weighted by atomic mass is 10.1. The van der Waals surface area contributed by atoms with Gasteiger partial charge < -0.3 is 20.5 Å².